The summed E-state index contributed by atoms with van der Waals surface area (Å²) in [6.45, 7) is 2.08. The van der Waals surface area contributed by atoms with Crippen LogP contribution in [-0.2, 0) is 0 Å². The standard InChI is InChI=1S/C18H37NO2.N3/c1-2-3-4-5-6-7-8-9-10-11-12-13-14-15-18(21)17(19)16-20;1-3-2/h14-15,17-18,20-21H,2-13,16,19H2,1H3;/q;-1/b15-14+;/t17-,18+;/m0./s1. The van der Waals surface area contributed by atoms with Crippen molar-refractivity contribution >= 4 is 0 Å². The van der Waals surface area contributed by atoms with Gasteiger partial charge in [0.25, 0.3) is 0 Å². The molecule has 6 heteroatoms. The lowest BCUT2D eigenvalue weighted by Crippen LogP contribution is -2.36. The second kappa shape index (κ2) is 21.9. The highest BCUT2D eigenvalue weighted by atomic mass is 16.3. The van der Waals surface area contributed by atoms with E-state index < -0.39 is 12.1 Å². The average molecular weight is 342 g/mol. The molecule has 0 saturated carbocycles. The number of hydrogen-bond acceptors (Lipinski definition) is 3. The van der Waals surface area contributed by atoms with Crippen LogP contribution in [0, 0.1) is 0 Å². The molecule has 0 amide bonds. The number of nitrogens with zero attached hydrogens (tertiary/aromatic N) is 3. The molecule has 0 aromatic carbocycles. The Bertz CT molecular complexity index is 305. The van der Waals surface area contributed by atoms with Gasteiger partial charge in [0.15, 0.2) is 0 Å². The average Bonchev–Trinajstić information content (AvgIpc) is 2.58. The molecule has 0 aliphatic rings. The molecule has 0 spiro atoms. The second-order valence-electron chi connectivity index (χ2n) is 6.18. The number of unbranched alkanes of at least 4 members (excludes halogenated alkanes) is 11. The highest BCUT2D eigenvalue weighted by Gasteiger charge is 2.08. The predicted octanol–water partition coefficient (Wildman–Crippen LogP) is 4.79. The van der Waals surface area contributed by atoms with Gasteiger partial charge in [0.1, 0.15) is 0 Å². The molecule has 24 heavy (non-hydrogen) atoms. The molecule has 0 aliphatic heterocycles. The molecule has 0 aromatic rings. The zero-order valence-corrected chi connectivity index (χ0v) is 15.3. The van der Waals surface area contributed by atoms with E-state index in [1.165, 1.54) is 75.5 Å². The monoisotopic (exact) mass is 341 g/mol. The van der Waals surface area contributed by atoms with Crippen molar-refractivity contribution in [1.82, 2.24) is 0 Å². The minimum absolute atomic E-state index is 0.177. The Hall–Kier alpha value is -1.07. The first-order chi connectivity index (χ1) is 11.6. The molecule has 6 nitrogen and oxygen atoms in total. The van der Waals surface area contributed by atoms with E-state index in [9.17, 15) is 5.11 Å². The van der Waals surface area contributed by atoms with Gasteiger partial charge in [0, 0.05) is 0 Å². The number of allylic oxidation sites excluding steroid dienone is 1. The quantitative estimate of drug-likeness (QED) is 0.130. The fourth-order valence-corrected chi connectivity index (χ4v) is 2.41. The van der Waals surface area contributed by atoms with Gasteiger partial charge in [0.05, 0.1) is 18.8 Å². The molecule has 0 heterocycles. The topological polar surface area (TPSA) is 125 Å². The first kappa shape index (κ1) is 25.2. The van der Waals surface area contributed by atoms with Gasteiger partial charge in [-0.05, 0) is 12.8 Å². The highest BCUT2D eigenvalue weighted by Crippen LogP contribution is 2.12. The Morgan fingerprint density at radius 2 is 1.33 bits per heavy atom. The number of nitrogens with two attached hydrogens (primary N) is 1. The molecule has 0 aliphatic carbocycles. The first-order valence-corrected chi connectivity index (χ1v) is 9.33. The summed E-state index contributed by atoms with van der Waals surface area (Å²) in [6.07, 6.45) is 18.8. The highest BCUT2D eigenvalue weighted by molar-refractivity contribution is 4.93. The Morgan fingerprint density at radius 1 is 0.917 bits per heavy atom. The maximum Gasteiger partial charge on any atom is 0.0894 e. The smallest absolute Gasteiger partial charge is 0.0894 e. The number of aliphatic hydroxyl groups excluding tert-OH is 2. The molecular formula is C18H37N4O2-. The molecule has 0 saturated heterocycles. The molecule has 0 rings (SSSR count). The molecule has 0 unspecified atom stereocenters. The van der Waals surface area contributed by atoms with Gasteiger partial charge in [-0.2, -0.15) is 0 Å². The Morgan fingerprint density at radius 3 is 1.75 bits per heavy atom. The molecule has 0 fully saturated rings. The van der Waals surface area contributed by atoms with E-state index >= 15 is 0 Å². The van der Waals surface area contributed by atoms with Crippen LogP contribution in [0.5, 0.6) is 0 Å². The van der Waals surface area contributed by atoms with E-state index in [-0.39, 0.29) is 6.61 Å². The summed E-state index contributed by atoms with van der Waals surface area (Å²) in [4.78, 5) is 1.50. The van der Waals surface area contributed by atoms with Crippen molar-refractivity contribution in [3.05, 3.63) is 28.1 Å². The van der Waals surface area contributed by atoms with Gasteiger partial charge >= 0.3 is 0 Å². The van der Waals surface area contributed by atoms with Crippen molar-refractivity contribution in [3.63, 3.8) is 0 Å². The third-order valence-corrected chi connectivity index (χ3v) is 3.96. The van der Waals surface area contributed by atoms with Crippen LogP contribution in [0.25, 0.3) is 16.0 Å². The van der Waals surface area contributed by atoms with E-state index in [0.717, 1.165) is 6.42 Å². The van der Waals surface area contributed by atoms with Crippen LogP contribution < -0.4 is 5.73 Å². The molecule has 4 N–H and O–H groups in total. The van der Waals surface area contributed by atoms with Crippen LogP contribution in [0.2, 0.25) is 0 Å². The van der Waals surface area contributed by atoms with E-state index in [2.05, 4.69) is 6.92 Å². The summed E-state index contributed by atoms with van der Waals surface area (Å²) < 4.78 is 0. The second-order valence-corrected chi connectivity index (χ2v) is 6.18. The van der Waals surface area contributed by atoms with Crippen molar-refractivity contribution in [3.8, 4) is 0 Å². The Labute approximate surface area is 147 Å². The zero-order valence-electron chi connectivity index (χ0n) is 15.3. The van der Waals surface area contributed by atoms with E-state index in [1.807, 2.05) is 6.08 Å². The fraction of sp³-hybridized carbons (Fsp3) is 0.889. The Balaban J connectivity index is 0. The molecule has 0 bridgehead atoms. The van der Waals surface area contributed by atoms with Gasteiger partial charge in [-0.1, -0.05) is 83.3 Å². The molecule has 0 radical (unpaired) electrons. The normalized spacial score (nSPS) is 13.2. The van der Waals surface area contributed by atoms with Crippen LogP contribution in [0.1, 0.15) is 84.0 Å². The van der Waals surface area contributed by atoms with Crippen LogP contribution in [0.4, 0.5) is 0 Å². The Kier molecular flexibility index (Phi) is 23.0. The summed E-state index contributed by atoms with van der Waals surface area (Å²) in [6, 6.07) is -0.557. The van der Waals surface area contributed by atoms with Gasteiger partial charge in [-0.25, -0.2) is 0 Å². The lowest BCUT2D eigenvalue weighted by Gasteiger charge is -2.11. The summed E-state index contributed by atoms with van der Waals surface area (Å²) in [5.74, 6) is 0. The summed E-state index contributed by atoms with van der Waals surface area (Å²) in [5.41, 5.74) is 19.0. The van der Waals surface area contributed by atoms with Crippen molar-refractivity contribution in [2.75, 3.05) is 6.61 Å². The minimum Gasteiger partial charge on any atom is -0.395 e. The molecular weight excluding hydrogens is 304 g/mol. The van der Waals surface area contributed by atoms with E-state index in [0.29, 0.717) is 0 Å². The maximum atomic E-state index is 9.52. The number of rotatable bonds is 15. The lowest BCUT2D eigenvalue weighted by molar-refractivity contribution is 0.144. The zero-order chi connectivity index (χ0) is 18.5. The summed E-state index contributed by atoms with van der Waals surface area (Å²) in [5, 5.41) is 18.3. The van der Waals surface area contributed by atoms with Gasteiger partial charge in [0.2, 0.25) is 0 Å². The fourth-order valence-electron chi connectivity index (χ4n) is 2.41. The third kappa shape index (κ3) is 20.9. The number of aliphatic hydroxyl groups is 2. The van der Waals surface area contributed by atoms with Crippen LogP contribution in [0.3, 0.4) is 0 Å². The van der Waals surface area contributed by atoms with Crippen LogP contribution >= 0.6 is 0 Å². The SMILES string of the molecule is CCCCCCCCCCCCC/C=C/[C@@H](O)[C@@H](N)CO.[N-]=[N+]=[N-]. The molecule has 2 atom stereocenters. The van der Waals surface area contributed by atoms with Crippen molar-refractivity contribution in [2.45, 2.75) is 96.1 Å². The number of hydrogen-bond donors (Lipinski definition) is 3. The largest absolute Gasteiger partial charge is 0.395 e. The first-order valence-electron chi connectivity index (χ1n) is 9.33. The van der Waals surface area contributed by atoms with Crippen molar-refractivity contribution < 1.29 is 10.2 Å². The van der Waals surface area contributed by atoms with Gasteiger partial charge in [-0.15, -0.1) is 0 Å². The van der Waals surface area contributed by atoms with E-state index in [4.69, 9.17) is 21.9 Å². The van der Waals surface area contributed by atoms with Crippen molar-refractivity contribution in [1.29, 1.82) is 0 Å². The minimum atomic E-state index is -0.720. The third-order valence-electron chi connectivity index (χ3n) is 3.96. The lowest BCUT2D eigenvalue weighted by atomic mass is 10.0. The summed E-state index contributed by atoms with van der Waals surface area (Å²) >= 11 is 0. The molecule has 142 valence electrons. The van der Waals surface area contributed by atoms with Crippen molar-refractivity contribution in [2.24, 2.45) is 5.73 Å². The predicted molar refractivity (Wildman–Crippen MR) is 101 cm³/mol. The van der Waals surface area contributed by atoms with Gasteiger partial charge < -0.3 is 27.0 Å². The van der Waals surface area contributed by atoms with Crippen LogP contribution in [-0.4, -0.2) is 29.0 Å². The van der Waals surface area contributed by atoms with E-state index in [1.54, 1.807) is 6.08 Å². The molecule has 0 aromatic heterocycles. The van der Waals surface area contributed by atoms with Crippen LogP contribution in [0.15, 0.2) is 12.2 Å². The van der Waals surface area contributed by atoms with Gasteiger partial charge in [-0.3, -0.25) is 4.91 Å². The summed E-state index contributed by atoms with van der Waals surface area (Å²) in [7, 11) is 0. The maximum absolute atomic E-state index is 9.52.